The van der Waals surface area contributed by atoms with Gasteiger partial charge in [0.25, 0.3) is 0 Å². The lowest BCUT2D eigenvalue weighted by molar-refractivity contribution is 0.177. The smallest absolute Gasteiger partial charge is 0.520 e. The van der Waals surface area contributed by atoms with Crippen LogP contribution >= 0.6 is 0 Å². The van der Waals surface area contributed by atoms with Crippen LogP contribution in [-0.4, -0.2) is 21.5 Å². The Hall–Kier alpha value is -1.20. The second kappa shape index (κ2) is 6.73. The summed E-state index contributed by atoms with van der Waals surface area (Å²) in [6.07, 6.45) is 2.17. The van der Waals surface area contributed by atoms with Crippen molar-refractivity contribution in [2.75, 3.05) is 0 Å². The molecule has 2 rings (SSSR count). The number of fused-ring (bicyclic) bond motifs is 1. The Morgan fingerprint density at radius 3 is 2.04 bits per heavy atom. The summed E-state index contributed by atoms with van der Waals surface area (Å²) < 4.78 is 18.1. The van der Waals surface area contributed by atoms with Crippen LogP contribution in [0.3, 0.4) is 0 Å². The van der Waals surface area contributed by atoms with E-state index in [2.05, 4.69) is 53.8 Å². The van der Waals surface area contributed by atoms with Crippen LogP contribution in [0.15, 0.2) is 36.3 Å². The van der Waals surface area contributed by atoms with Crippen molar-refractivity contribution in [3.63, 3.8) is 0 Å². The minimum absolute atomic E-state index is 0.0757. The molecule has 1 aliphatic heterocycles. The van der Waals surface area contributed by atoms with Crippen molar-refractivity contribution in [3.05, 3.63) is 36.3 Å². The fourth-order valence-electron chi connectivity index (χ4n) is 2.11. The third kappa shape index (κ3) is 4.42. The summed E-state index contributed by atoms with van der Waals surface area (Å²) in [5.41, 5.74) is 0. The highest BCUT2D eigenvalue weighted by Crippen LogP contribution is 2.38. The highest BCUT2D eigenvalue weighted by molar-refractivity contribution is 6.74. The van der Waals surface area contributed by atoms with E-state index in [0.29, 0.717) is 5.92 Å². The van der Waals surface area contributed by atoms with E-state index in [9.17, 15) is 0 Å². The molecule has 5 heteroatoms. The van der Waals surface area contributed by atoms with E-state index in [1.807, 2.05) is 30.2 Å². The van der Waals surface area contributed by atoms with Crippen molar-refractivity contribution >= 4 is 15.4 Å². The van der Waals surface area contributed by atoms with Crippen LogP contribution in [0.4, 0.5) is 0 Å². The molecule has 126 valence electrons. The molecule has 0 saturated heterocycles. The highest BCUT2D eigenvalue weighted by Gasteiger charge is 2.39. The van der Waals surface area contributed by atoms with Gasteiger partial charge in [-0.15, -0.1) is 0 Å². The standard InChI is InChI=1S/C18H29BO3Si/c1-14(2)15(22-23(6,7)18(3,4)5)12-13-19-20-16-10-8-9-11-17(16)21-19/h8-15H,1-7H3/b13-12-. The van der Waals surface area contributed by atoms with Gasteiger partial charge in [0, 0.05) is 0 Å². The van der Waals surface area contributed by atoms with Gasteiger partial charge < -0.3 is 13.7 Å². The quantitative estimate of drug-likeness (QED) is 0.703. The molecule has 0 spiro atoms. The van der Waals surface area contributed by atoms with Gasteiger partial charge in [-0.05, 0) is 42.2 Å². The van der Waals surface area contributed by atoms with E-state index in [4.69, 9.17) is 13.7 Å². The lowest BCUT2D eigenvalue weighted by Crippen LogP contribution is -2.44. The van der Waals surface area contributed by atoms with Crippen LogP contribution < -0.4 is 9.31 Å². The van der Waals surface area contributed by atoms with Gasteiger partial charge in [0.15, 0.2) is 8.32 Å². The summed E-state index contributed by atoms with van der Waals surface area (Å²) in [5, 5.41) is 0.199. The lowest BCUT2D eigenvalue weighted by Gasteiger charge is -2.39. The zero-order chi connectivity index (χ0) is 17.3. The second-order valence-corrected chi connectivity index (χ2v) is 12.8. The summed E-state index contributed by atoms with van der Waals surface area (Å²) in [6, 6.07) is 7.75. The molecule has 1 aromatic rings. The fourth-order valence-corrected chi connectivity index (χ4v) is 3.50. The Labute approximate surface area is 142 Å². The molecule has 0 aliphatic carbocycles. The molecular formula is C18H29BO3Si. The van der Waals surface area contributed by atoms with Gasteiger partial charge >= 0.3 is 7.12 Å². The molecule has 0 bridgehead atoms. The van der Waals surface area contributed by atoms with Crippen molar-refractivity contribution < 1.29 is 13.7 Å². The molecule has 23 heavy (non-hydrogen) atoms. The van der Waals surface area contributed by atoms with Crippen molar-refractivity contribution in [1.82, 2.24) is 0 Å². The van der Waals surface area contributed by atoms with Gasteiger partial charge in [0.1, 0.15) is 11.5 Å². The van der Waals surface area contributed by atoms with E-state index < -0.39 is 8.32 Å². The summed E-state index contributed by atoms with van der Waals surface area (Å²) >= 11 is 0. The van der Waals surface area contributed by atoms with Crippen LogP contribution in [-0.2, 0) is 4.43 Å². The Bertz CT molecular complexity index is 539. The Kier molecular flexibility index (Phi) is 5.31. The maximum Gasteiger partial charge on any atom is 0.624 e. The second-order valence-electron chi connectivity index (χ2n) is 8.02. The van der Waals surface area contributed by atoms with Crippen LogP contribution in [0.1, 0.15) is 34.6 Å². The molecule has 0 N–H and O–H groups in total. The molecule has 1 aromatic carbocycles. The van der Waals surface area contributed by atoms with Crippen molar-refractivity contribution in [1.29, 1.82) is 0 Å². The third-order valence-corrected chi connectivity index (χ3v) is 9.16. The molecule has 3 nitrogen and oxygen atoms in total. The lowest BCUT2D eigenvalue weighted by atomic mass is 9.88. The molecular weight excluding hydrogens is 303 g/mol. The summed E-state index contributed by atoms with van der Waals surface area (Å²) in [7, 11) is -2.17. The monoisotopic (exact) mass is 332 g/mol. The Balaban J connectivity index is 2.04. The average molecular weight is 332 g/mol. The average Bonchev–Trinajstić information content (AvgIpc) is 2.84. The SMILES string of the molecule is CC(C)C(/C=C\B1Oc2ccccc2O1)O[Si](C)(C)C(C)(C)C. The van der Waals surface area contributed by atoms with E-state index >= 15 is 0 Å². The van der Waals surface area contributed by atoms with E-state index in [0.717, 1.165) is 11.5 Å². The predicted octanol–water partition coefficient (Wildman–Crippen LogP) is 5.09. The first kappa shape index (κ1) is 18.1. The van der Waals surface area contributed by atoms with Crippen molar-refractivity contribution in [3.8, 4) is 11.5 Å². The Morgan fingerprint density at radius 2 is 1.61 bits per heavy atom. The van der Waals surface area contributed by atoms with Gasteiger partial charge in [0.05, 0.1) is 6.10 Å². The zero-order valence-corrected chi connectivity index (χ0v) is 16.4. The first-order valence-corrected chi connectivity index (χ1v) is 11.3. The van der Waals surface area contributed by atoms with Gasteiger partial charge in [-0.25, -0.2) is 0 Å². The topological polar surface area (TPSA) is 27.7 Å². The van der Waals surface area contributed by atoms with Gasteiger partial charge in [-0.3, -0.25) is 0 Å². The number of hydrogen-bond donors (Lipinski definition) is 0. The predicted molar refractivity (Wildman–Crippen MR) is 99.5 cm³/mol. The summed E-state index contributed by atoms with van der Waals surface area (Å²) in [4.78, 5) is 0. The molecule has 0 aromatic heterocycles. The summed E-state index contributed by atoms with van der Waals surface area (Å²) in [5.74, 6) is 3.98. The van der Waals surface area contributed by atoms with Crippen LogP contribution in [0.5, 0.6) is 11.5 Å². The highest BCUT2D eigenvalue weighted by atomic mass is 28.4. The fraction of sp³-hybridized carbons (Fsp3) is 0.556. The number of para-hydroxylation sites is 2. The third-order valence-electron chi connectivity index (χ3n) is 4.69. The van der Waals surface area contributed by atoms with E-state index in [1.54, 1.807) is 0 Å². The normalized spacial score (nSPS) is 16.4. The van der Waals surface area contributed by atoms with Crippen LogP contribution in [0.2, 0.25) is 18.1 Å². The molecule has 0 amide bonds. The Morgan fingerprint density at radius 1 is 1.09 bits per heavy atom. The largest absolute Gasteiger partial charge is 0.624 e. The van der Waals surface area contributed by atoms with Crippen molar-refractivity contribution in [2.24, 2.45) is 5.92 Å². The van der Waals surface area contributed by atoms with Crippen molar-refractivity contribution in [2.45, 2.75) is 58.9 Å². The first-order valence-electron chi connectivity index (χ1n) is 8.38. The molecule has 1 unspecified atom stereocenters. The molecule has 0 saturated carbocycles. The minimum Gasteiger partial charge on any atom is -0.520 e. The maximum atomic E-state index is 6.54. The molecule has 0 radical (unpaired) electrons. The van der Waals surface area contributed by atoms with Gasteiger partial charge in [-0.2, -0.15) is 0 Å². The first-order chi connectivity index (χ1) is 10.6. The van der Waals surface area contributed by atoms with Gasteiger partial charge in [0.2, 0.25) is 0 Å². The zero-order valence-electron chi connectivity index (χ0n) is 15.4. The minimum atomic E-state index is -1.80. The number of rotatable bonds is 5. The maximum absolute atomic E-state index is 6.54. The van der Waals surface area contributed by atoms with Gasteiger partial charge in [-0.1, -0.05) is 52.8 Å². The number of benzene rings is 1. The van der Waals surface area contributed by atoms with Crippen LogP contribution in [0, 0.1) is 5.92 Å². The summed E-state index contributed by atoms with van der Waals surface area (Å²) in [6.45, 7) is 15.7. The van der Waals surface area contributed by atoms with E-state index in [1.165, 1.54) is 0 Å². The molecule has 1 aliphatic rings. The number of hydrogen-bond acceptors (Lipinski definition) is 3. The van der Waals surface area contributed by atoms with Crippen LogP contribution in [0.25, 0.3) is 0 Å². The molecule has 0 fully saturated rings. The molecule has 1 heterocycles. The molecule has 1 atom stereocenters. The van der Waals surface area contributed by atoms with E-state index in [-0.39, 0.29) is 18.3 Å².